The van der Waals surface area contributed by atoms with Crippen molar-refractivity contribution in [2.24, 2.45) is 0 Å². The van der Waals surface area contributed by atoms with E-state index in [9.17, 15) is 27.2 Å². The van der Waals surface area contributed by atoms with Crippen LogP contribution in [0.25, 0.3) is 0 Å². The third kappa shape index (κ3) is 5.66. The van der Waals surface area contributed by atoms with Gasteiger partial charge in [-0.25, -0.2) is 4.39 Å². The lowest BCUT2D eigenvalue weighted by Crippen LogP contribution is -2.37. The zero-order valence-electron chi connectivity index (χ0n) is 18.4. The predicted molar refractivity (Wildman–Crippen MR) is 132 cm³/mol. The van der Waals surface area contributed by atoms with Crippen LogP contribution in [-0.2, 0) is 22.3 Å². The number of nitrogens with one attached hydrogen (secondary N) is 1. The number of thiocarbonyl (C=S) groups is 1. The quantitative estimate of drug-likeness (QED) is 0.309. The Bertz CT molecular complexity index is 1300. The van der Waals surface area contributed by atoms with Crippen molar-refractivity contribution in [3.8, 4) is 0 Å². The summed E-state index contributed by atoms with van der Waals surface area (Å²) in [7, 11) is 0. The van der Waals surface area contributed by atoms with Crippen LogP contribution in [0.4, 0.5) is 28.9 Å². The SMILES string of the molecule is O=C(CC1C(=O)N(c2cccc(C(F)(F)F)c2)C(=S)N1Cc1ccc(Cl)cc1)Nc1ccc(F)cc1. The van der Waals surface area contributed by atoms with E-state index in [1.54, 1.807) is 24.3 Å². The molecule has 1 fully saturated rings. The Morgan fingerprint density at radius 1 is 1.03 bits per heavy atom. The summed E-state index contributed by atoms with van der Waals surface area (Å²) in [5.41, 5.74) is 0.0671. The molecule has 1 N–H and O–H groups in total. The molecule has 0 aromatic heterocycles. The maximum absolute atomic E-state index is 13.4. The third-order valence-electron chi connectivity index (χ3n) is 5.52. The van der Waals surface area contributed by atoms with Crippen molar-refractivity contribution in [1.82, 2.24) is 4.90 Å². The summed E-state index contributed by atoms with van der Waals surface area (Å²) in [5, 5.41) is 3.06. The van der Waals surface area contributed by atoms with Crippen molar-refractivity contribution in [3.05, 3.63) is 94.8 Å². The van der Waals surface area contributed by atoms with Crippen molar-refractivity contribution in [2.45, 2.75) is 25.2 Å². The topological polar surface area (TPSA) is 52.7 Å². The summed E-state index contributed by atoms with van der Waals surface area (Å²) in [6, 6.07) is 15.0. The van der Waals surface area contributed by atoms with Gasteiger partial charge < -0.3 is 10.2 Å². The van der Waals surface area contributed by atoms with Crippen molar-refractivity contribution in [2.75, 3.05) is 10.2 Å². The zero-order chi connectivity index (χ0) is 26.0. The van der Waals surface area contributed by atoms with Gasteiger partial charge in [0.25, 0.3) is 5.91 Å². The number of hydrogen-bond donors (Lipinski definition) is 1. The molecule has 186 valence electrons. The summed E-state index contributed by atoms with van der Waals surface area (Å²) in [5.74, 6) is -1.66. The standard InChI is InChI=1S/C25H18ClF4N3O2S/c26-17-6-4-15(5-7-17)14-32-21(13-22(34)31-19-10-8-18(27)9-11-19)23(35)33(24(32)36)20-3-1-2-16(12-20)25(28,29)30/h1-12,21H,13-14H2,(H,31,34). The summed E-state index contributed by atoms with van der Waals surface area (Å²) < 4.78 is 53.1. The van der Waals surface area contributed by atoms with Crippen LogP contribution in [0.5, 0.6) is 0 Å². The monoisotopic (exact) mass is 535 g/mol. The molecule has 1 atom stereocenters. The van der Waals surface area contributed by atoms with Crippen molar-refractivity contribution in [3.63, 3.8) is 0 Å². The minimum atomic E-state index is -4.61. The molecule has 0 aliphatic carbocycles. The van der Waals surface area contributed by atoms with E-state index in [0.717, 1.165) is 22.6 Å². The first kappa shape index (κ1) is 25.6. The van der Waals surface area contributed by atoms with E-state index >= 15 is 0 Å². The fourth-order valence-corrected chi connectivity index (χ4v) is 4.29. The second kappa shape index (κ2) is 10.2. The number of hydrogen-bond acceptors (Lipinski definition) is 3. The largest absolute Gasteiger partial charge is 0.416 e. The molecule has 4 rings (SSSR count). The maximum atomic E-state index is 13.4. The van der Waals surface area contributed by atoms with E-state index < -0.39 is 35.4 Å². The van der Waals surface area contributed by atoms with Gasteiger partial charge in [-0.3, -0.25) is 14.5 Å². The van der Waals surface area contributed by atoms with Gasteiger partial charge in [-0.05, 0) is 72.4 Å². The lowest BCUT2D eigenvalue weighted by molar-refractivity contribution is -0.137. The molecule has 3 aromatic carbocycles. The first-order valence-corrected chi connectivity index (χ1v) is 11.4. The summed E-state index contributed by atoms with van der Waals surface area (Å²) in [6.07, 6.45) is -4.95. The van der Waals surface area contributed by atoms with Crippen LogP contribution in [0.3, 0.4) is 0 Å². The average Bonchev–Trinajstić information content (AvgIpc) is 3.05. The molecule has 11 heteroatoms. The fraction of sp³-hybridized carbons (Fsp3) is 0.160. The van der Waals surface area contributed by atoms with Gasteiger partial charge in [0.15, 0.2) is 5.11 Å². The molecule has 1 heterocycles. The van der Waals surface area contributed by atoms with Crippen LogP contribution >= 0.6 is 23.8 Å². The molecule has 0 bridgehead atoms. The Labute approximate surface area is 214 Å². The summed E-state index contributed by atoms with van der Waals surface area (Å²) in [6.45, 7) is 0.117. The third-order valence-corrected chi connectivity index (χ3v) is 6.19. The van der Waals surface area contributed by atoms with E-state index in [4.69, 9.17) is 23.8 Å². The van der Waals surface area contributed by atoms with Gasteiger partial charge >= 0.3 is 6.18 Å². The number of rotatable bonds is 6. The lowest BCUT2D eigenvalue weighted by Gasteiger charge is -2.24. The molecule has 1 aliphatic rings. The lowest BCUT2D eigenvalue weighted by atomic mass is 10.1. The minimum absolute atomic E-state index is 0.0335. The summed E-state index contributed by atoms with van der Waals surface area (Å²) in [4.78, 5) is 28.7. The normalized spacial score (nSPS) is 16.0. The molecular formula is C25H18ClF4N3O2S. The van der Waals surface area contributed by atoms with Crippen LogP contribution in [0.2, 0.25) is 5.02 Å². The van der Waals surface area contributed by atoms with Gasteiger partial charge in [-0.15, -0.1) is 0 Å². The molecule has 2 amide bonds. The maximum Gasteiger partial charge on any atom is 0.416 e. The Kier molecular flexibility index (Phi) is 7.28. The average molecular weight is 536 g/mol. The Morgan fingerprint density at radius 3 is 2.33 bits per heavy atom. The molecule has 36 heavy (non-hydrogen) atoms. The van der Waals surface area contributed by atoms with Crippen LogP contribution in [0.1, 0.15) is 17.5 Å². The van der Waals surface area contributed by atoms with Crippen molar-refractivity contribution >= 4 is 52.1 Å². The molecule has 3 aromatic rings. The molecule has 1 aliphatic heterocycles. The van der Waals surface area contributed by atoms with E-state index in [2.05, 4.69) is 5.32 Å². The highest BCUT2D eigenvalue weighted by molar-refractivity contribution is 7.80. The van der Waals surface area contributed by atoms with Crippen LogP contribution < -0.4 is 10.2 Å². The number of anilines is 2. The number of nitrogens with zero attached hydrogens (tertiary/aromatic N) is 2. The second-order valence-electron chi connectivity index (χ2n) is 8.03. The van der Waals surface area contributed by atoms with Gasteiger partial charge in [0, 0.05) is 17.3 Å². The number of halogens is 5. The fourth-order valence-electron chi connectivity index (χ4n) is 3.78. The number of alkyl halides is 3. The van der Waals surface area contributed by atoms with Gasteiger partial charge in [-0.1, -0.05) is 29.8 Å². The highest BCUT2D eigenvalue weighted by Gasteiger charge is 2.44. The van der Waals surface area contributed by atoms with Crippen molar-refractivity contribution in [1.29, 1.82) is 0 Å². The van der Waals surface area contributed by atoms with Crippen molar-refractivity contribution < 1.29 is 27.2 Å². The molecule has 5 nitrogen and oxygen atoms in total. The number of benzene rings is 3. The van der Waals surface area contributed by atoms with Crippen LogP contribution in [0, 0.1) is 5.82 Å². The van der Waals surface area contributed by atoms with Crippen LogP contribution in [-0.4, -0.2) is 27.9 Å². The van der Waals surface area contributed by atoms with Gasteiger partial charge in [-0.2, -0.15) is 13.2 Å². The Hall–Kier alpha value is -3.50. The van der Waals surface area contributed by atoms with E-state index in [-0.39, 0.29) is 23.8 Å². The van der Waals surface area contributed by atoms with E-state index in [0.29, 0.717) is 10.7 Å². The zero-order valence-corrected chi connectivity index (χ0v) is 20.0. The van der Waals surface area contributed by atoms with Gasteiger partial charge in [0.05, 0.1) is 17.7 Å². The summed E-state index contributed by atoms with van der Waals surface area (Å²) >= 11 is 11.5. The molecule has 0 radical (unpaired) electrons. The van der Waals surface area contributed by atoms with E-state index in [1.165, 1.54) is 41.3 Å². The second-order valence-corrected chi connectivity index (χ2v) is 8.84. The highest BCUT2D eigenvalue weighted by atomic mass is 35.5. The number of amides is 2. The first-order valence-electron chi connectivity index (χ1n) is 10.6. The smallest absolute Gasteiger partial charge is 0.332 e. The minimum Gasteiger partial charge on any atom is -0.332 e. The van der Waals surface area contributed by atoms with Gasteiger partial charge in [0.1, 0.15) is 11.9 Å². The number of carbonyl (C=O) groups is 2. The van der Waals surface area contributed by atoms with Crippen LogP contribution in [0.15, 0.2) is 72.8 Å². The molecule has 0 saturated carbocycles. The highest BCUT2D eigenvalue weighted by Crippen LogP contribution is 2.34. The Balaban J connectivity index is 1.63. The predicted octanol–water partition coefficient (Wildman–Crippen LogP) is 6.03. The molecule has 1 saturated heterocycles. The molecular weight excluding hydrogens is 518 g/mol. The number of carbonyl (C=O) groups excluding carboxylic acids is 2. The Morgan fingerprint density at radius 2 is 1.69 bits per heavy atom. The molecule has 1 unspecified atom stereocenters. The van der Waals surface area contributed by atoms with Gasteiger partial charge in [0.2, 0.25) is 5.91 Å². The van der Waals surface area contributed by atoms with E-state index in [1.807, 2.05) is 0 Å². The first-order chi connectivity index (χ1) is 17.0. The molecule has 0 spiro atoms.